The molecule has 0 radical (unpaired) electrons. The number of benzene rings is 1. The number of hydrogen-bond acceptors (Lipinski definition) is 2. The third kappa shape index (κ3) is 5.00. The predicted molar refractivity (Wildman–Crippen MR) is 85.6 cm³/mol. The lowest BCUT2D eigenvalue weighted by Crippen LogP contribution is -2.46. The van der Waals surface area contributed by atoms with Crippen LogP contribution in [-0.2, 0) is 11.2 Å². The molecule has 2 atom stereocenters. The van der Waals surface area contributed by atoms with E-state index in [2.05, 4.69) is 12.1 Å². The maximum atomic E-state index is 14.3. The van der Waals surface area contributed by atoms with Gasteiger partial charge in [-0.1, -0.05) is 30.3 Å². The smallest absolute Gasteiger partial charge is 0.410 e. The summed E-state index contributed by atoms with van der Waals surface area (Å²) in [5.74, 6) is 0.0268. The normalized spacial score (nSPS) is 22.5. The van der Waals surface area contributed by atoms with Gasteiger partial charge in [0.25, 0.3) is 0 Å². The molecular weight excluding hydrogens is 281 g/mol. The molecule has 0 saturated carbocycles. The van der Waals surface area contributed by atoms with Gasteiger partial charge in [-0.05, 0) is 51.5 Å². The Morgan fingerprint density at radius 3 is 2.59 bits per heavy atom. The minimum Gasteiger partial charge on any atom is -0.444 e. The molecule has 0 aromatic heterocycles. The first-order valence-electron chi connectivity index (χ1n) is 8.01. The lowest BCUT2D eigenvalue weighted by molar-refractivity contribution is 0.00472. The van der Waals surface area contributed by atoms with Crippen LogP contribution in [-0.4, -0.2) is 35.9 Å². The van der Waals surface area contributed by atoms with Crippen LogP contribution in [0.5, 0.6) is 0 Å². The molecule has 1 amide bonds. The highest BCUT2D eigenvalue weighted by molar-refractivity contribution is 5.68. The van der Waals surface area contributed by atoms with E-state index in [9.17, 15) is 9.18 Å². The molecule has 0 bridgehead atoms. The number of likely N-dealkylation sites (tertiary alicyclic amines) is 1. The number of alkyl halides is 1. The van der Waals surface area contributed by atoms with Crippen molar-refractivity contribution in [3.8, 4) is 0 Å². The average Bonchev–Trinajstić information content (AvgIpc) is 2.45. The van der Waals surface area contributed by atoms with Gasteiger partial charge >= 0.3 is 6.09 Å². The van der Waals surface area contributed by atoms with Crippen LogP contribution < -0.4 is 0 Å². The molecule has 4 heteroatoms. The minimum atomic E-state index is -0.968. The molecule has 1 aliphatic rings. The number of piperidine rings is 1. The van der Waals surface area contributed by atoms with E-state index in [-0.39, 0.29) is 12.5 Å². The fourth-order valence-corrected chi connectivity index (χ4v) is 2.77. The van der Waals surface area contributed by atoms with Gasteiger partial charge in [0.2, 0.25) is 0 Å². The number of carbonyl (C=O) groups is 1. The lowest BCUT2D eigenvalue weighted by Gasteiger charge is -2.35. The molecule has 122 valence electrons. The highest BCUT2D eigenvalue weighted by atomic mass is 19.1. The van der Waals surface area contributed by atoms with Crippen LogP contribution in [0.3, 0.4) is 0 Å². The summed E-state index contributed by atoms with van der Waals surface area (Å²) in [4.78, 5) is 13.5. The molecule has 0 unspecified atom stereocenters. The number of hydrogen-bond donors (Lipinski definition) is 0. The zero-order chi connectivity index (χ0) is 16.2. The molecule has 1 heterocycles. The van der Waals surface area contributed by atoms with E-state index in [1.165, 1.54) is 10.5 Å². The average molecular weight is 307 g/mol. The molecule has 0 spiro atoms. The summed E-state index contributed by atoms with van der Waals surface area (Å²) >= 11 is 0. The predicted octanol–water partition coefficient (Wildman–Crippen LogP) is 4.21. The fourth-order valence-electron chi connectivity index (χ4n) is 2.77. The van der Waals surface area contributed by atoms with E-state index < -0.39 is 17.9 Å². The van der Waals surface area contributed by atoms with Gasteiger partial charge in [-0.25, -0.2) is 9.18 Å². The molecule has 1 aliphatic heterocycles. The van der Waals surface area contributed by atoms with Gasteiger partial charge in [0.05, 0.1) is 6.54 Å². The topological polar surface area (TPSA) is 29.5 Å². The third-order valence-corrected chi connectivity index (χ3v) is 3.97. The second-order valence-corrected chi connectivity index (χ2v) is 7.02. The number of rotatable bonds is 3. The van der Waals surface area contributed by atoms with Gasteiger partial charge in [-0.15, -0.1) is 0 Å². The van der Waals surface area contributed by atoms with Crippen LogP contribution >= 0.6 is 0 Å². The molecule has 0 aliphatic carbocycles. The van der Waals surface area contributed by atoms with E-state index in [1.54, 1.807) is 0 Å². The number of carbonyl (C=O) groups excluding carboxylic acids is 1. The number of nitrogens with zero attached hydrogens (tertiary/aromatic N) is 1. The van der Waals surface area contributed by atoms with Crippen molar-refractivity contribution < 1.29 is 13.9 Å². The van der Waals surface area contributed by atoms with Crippen molar-refractivity contribution >= 4 is 6.09 Å². The van der Waals surface area contributed by atoms with Gasteiger partial charge < -0.3 is 9.64 Å². The Kier molecular flexibility index (Phi) is 5.43. The van der Waals surface area contributed by atoms with Crippen LogP contribution in [0.4, 0.5) is 9.18 Å². The molecule has 1 saturated heterocycles. The standard InChI is InChI=1S/C18H26FNO2/c1-18(2,3)22-17(21)20-12-11-15(16(19)13-20)10-9-14-7-5-4-6-8-14/h4-8,15-16H,9-13H2,1-3H3/t15-,16+/m0/s1. The molecule has 1 aromatic rings. The molecule has 1 fully saturated rings. The fraction of sp³-hybridized carbons (Fsp3) is 0.611. The van der Waals surface area contributed by atoms with Crippen molar-refractivity contribution in [2.75, 3.05) is 13.1 Å². The summed E-state index contributed by atoms with van der Waals surface area (Å²) in [5, 5.41) is 0. The first-order valence-corrected chi connectivity index (χ1v) is 8.01. The van der Waals surface area contributed by atoms with Gasteiger partial charge in [0.15, 0.2) is 0 Å². The summed E-state index contributed by atoms with van der Waals surface area (Å²) in [5.41, 5.74) is 0.705. The minimum absolute atomic E-state index is 0.0268. The number of amides is 1. The maximum absolute atomic E-state index is 14.3. The molecule has 2 rings (SSSR count). The SMILES string of the molecule is CC(C)(C)OC(=O)N1CC[C@H](CCc2ccccc2)[C@H](F)C1. The van der Waals surface area contributed by atoms with Crippen molar-refractivity contribution in [3.05, 3.63) is 35.9 Å². The second-order valence-electron chi connectivity index (χ2n) is 7.02. The van der Waals surface area contributed by atoms with Crippen molar-refractivity contribution in [2.24, 2.45) is 5.92 Å². The molecule has 0 N–H and O–H groups in total. The van der Waals surface area contributed by atoms with E-state index in [1.807, 2.05) is 39.0 Å². The first kappa shape index (κ1) is 16.8. The summed E-state index contributed by atoms with van der Waals surface area (Å²) in [6.07, 6.45) is 1.04. The Hall–Kier alpha value is -1.58. The summed E-state index contributed by atoms with van der Waals surface area (Å²) in [6, 6.07) is 10.1. The third-order valence-electron chi connectivity index (χ3n) is 3.97. The van der Waals surface area contributed by atoms with E-state index in [0.717, 1.165) is 12.8 Å². The van der Waals surface area contributed by atoms with Crippen LogP contribution in [0.25, 0.3) is 0 Å². The van der Waals surface area contributed by atoms with Crippen LogP contribution in [0.2, 0.25) is 0 Å². The van der Waals surface area contributed by atoms with Crippen molar-refractivity contribution in [3.63, 3.8) is 0 Å². The number of halogens is 1. The summed E-state index contributed by atoms with van der Waals surface area (Å²) < 4.78 is 19.7. The lowest BCUT2D eigenvalue weighted by atomic mass is 9.89. The van der Waals surface area contributed by atoms with Gasteiger partial charge in [-0.3, -0.25) is 0 Å². The Balaban J connectivity index is 1.81. The van der Waals surface area contributed by atoms with Crippen molar-refractivity contribution in [1.29, 1.82) is 0 Å². The number of ether oxygens (including phenoxy) is 1. The van der Waals surface area contributed by atoms with Crippen LogP contribution in [0.15, 0.2) is 30.3 Å². The summed E-state index contributed by atoms with van der Waals surface area (Å²) in [6.45, 7) is 6.20. The molecule has 22 heavy (non-hydrogen) atoms. The van der Waals surface area contributed by atoms with Gasteiger partial charge in [-0.2, -0.15) is 0 Å². The quantitative estimate of drug-likeness (QED) is 0.837. The van der Waals surface area contributed by atoms with Crippen LogP contribution in [0, 0.1) is 5.92 Å². The Morgan fingerprint density at radius 1 is 1.32 bits per heavy atom. The number of aryl methyl sites for hydroxylation is 1. The Bertz CT molecular complexity index is 484. The van der Waals surface area contributed by atoms with E-state index >= 15 is 0 Å². The monoisotopic (exact) mass is 307 g/mol. The van der Waals surface area contributed by atoms with Gasteiger partial charge in [0, 0.05) is 6.54 Å². The summed E-state index contributed by atoms with van der Waals surface area (Å²) in [7, 11) is 0. The van der Waals surface area contributed by atoms with E-state index in [4.69, 9.17) is 4.74 Å². The van der Waals surface area contributed by atoms with E-state index in [0.29, 0.717) is 13.0 Å². The highest BCUT2D eigenvalue weighted by Gasteiger charge is 2.33. The highest BCUT2D eigenvalue weighted by Crippen LogP contribution is 2.26. The zero-order valence-electron chi connectivity index (χ0n) is 13.7. The van der Waals surface area contributed by atoms with Crippen molar-refractivity contribution in [2.45, 2.75) is 51.8 Å². The Morgan fingerprint density at radius 2 is 2.00 bits per heavy atom. The zero-order valence-corrected chi connectivity index (χ0v) is 13.7. The molecule has 3 nitrogen and oxygen atoms in total. The van der Waals surface area contributed by atoms with Gasteiger partial charge in [0.1, 0.15) is 11.8 Å². The molecule has 1 aromatic carbocycles. The van der Waals surface area contributed by atoms with Crippen molar-refractivity contribution in [1.82, 2.24) is 4.90 Å². The maximum Gasteiger partial charge on any atom is 0.410 e. The first-order chi connectivity index (χ1) is 10.3. The largest absolute Gasteiger partial charge is 0.444 e. The molecular formula is C18H26FNO2. The van der Waals surface area contributed by atoms with Crippen LogP contribution in [0.1, 0.15) is 39.2 Å². The Labute approximate surface area is 132 Å². The second kappa shape index (κ2) is 7.12.